The Balaban J connectivity index is 1.91. The van der Waals surface area contributed by atoms with E-state index >= 15 is 0 Å². The zero-order valence-electron chi connectivity index (χ0n) is 11.5. The number of amides is 1. The van der Waals surface area contributed by atoms with E-state index in [9.17, 15) is 18.4 Å². The van der Waals surface area contributed by atoms with Gasteiger partial charge in [-0.3, -0.25) is 4.79 Å². The maximum absolute atomic E-state index is 12.4. The monoisotopic (exact) mass is 360 g/mol. The number of hydrogen-bond acceptors (Lipinski definition) is 4. The largest absolute Gasteiger partial charge is 0.451 e. The van der Waals surface area contributed by atoms with Gasteiger partial charge in [-0.2, -0.15) is 8.78 Å². The van der Waals surface area contributed by atoms with Crippen LogP contribution >= 0.6 is 23.4 Å². The summed E-state index contributed by atoms with van der Waals surface area (Å²) in [4.78, 5) is 26.2. The van der Waals surface area contributed by atoms with Gasteiger partial charge < -0.3 is 15.0 Å². The van der Waals surface area contributed by atoms with Crippen LogP contribution in [0.3, 0.4) is 0 Å². The number of alkyl halides is 2. The van der Waals surface area contributed by atoms with E-state index in [0.717, 1.165) is 0 Å². The maximum Gasteiger partial charge on any atom is 0.355 e. The summed E-state index contributed by atoms with van der Waals surface area (Å²) in [5.41, 5.74) is 0.332. The van der Waals surface area contributed by atoms with Crippen molar-refractivity contribution in [3.05, 3.63) is 47.2 Å². The minimum atomic E-state index is -2.61. The Bertz CT molecular complexity index is 709. The second kappa shape index (κ2) is 7.98. The van der Waals surface area contributed by atoms with Crippen molar-refractivity contribution in [2.24, 2.45) is 0 Å². The number of H-pyrrole nitrogens is 1. The number of aromatic nitrogens is 1. The van der Waals surface area contributed by atoms with Crippen molar-refractivity contribution in [1.29, 1.82) is 0 Å². The summed E-state index contributed by atoms with van der Waals surface area (Å²) >= 11 is 5.97. The van der Waals surface area contributed by atoms with Crippen LogP contribution in [0, 0.1) is 0 Å². The summed E-state index contributed by atoms with van der Waals surface area (Å²) in [6.45, 7) is -0.552. The molecular formula is C14H11ClF2N2O3S. The Kier molecular flexibility index (Phi) is 6.00. The molecule has 2 aromatic rings. The van der Waals surface area contributed by atoms with Crippen molar-refractivity contribution in [1.82, 2.24) is 4.98 Å². The molecule has 0 atom stereocenters. The Morgan fingerprint density at radius 3 is 2.74 bits per heavy atom. The van der Waals surface area contributed by atoms with E-state index in [4.69, 9.17) is 16.3 Å². The number of thioether (sulfide) groups is 1. The molecule has 0 unspecified atom stereocenters. The minimum absolute atomic E-state index is 0.108. The molecule has 122 valence electrons. The Hall–Kier alpha value is -2.06. The topological polar surface area (TPSA) is 71.2 Å². The highest BCUT2D eigenvalue weighted by Crippen LogP contribution is 2.31. The zero-order chi connectivity index (χ0) is 16.8. The predicted molar refractivity (Wildman–Crippen MR) is 83.0 cm³/mol. The number of anilines is 1. The molecule has 0 aliphatic carbocycles. The molecular weight excluding hydrogens is 350 g/mol. The SMILES string of the molecule is O=C(COC(=O)c1cc(Cl)c[nH]1)Nc1ccccc1SC(F)F. The molecule has 0 bridgehead atoms. The maximum atomic E-state index is 12.4. The van der Waals surface area contributed by atoms with E-state index in [1.165, 1.54) is 24.4 Å². The summed E-state index contributed by atoms with van der Waals surface area (Å²) in [5, 5.41) is 2.75. The van der Waals surface area contributed by atoms with Crippen molar-refractivity contribution in [2.75, 3.05) is 11.9 Å². The smallest absolute Gasteiger partial charge is 0.355 e. The van der Waals surface area contributed by atoms with E-state index in [1.54, 1.807) is 12.1 Å². The molecule has 1 aromatic heterocycles. The molecule has 2 N–H and O–H groups in total. The first-order valence-electron chi connectivity index (χ1n) is 6.30. The van der Waals surface area contributed by atoms with Gasteiger partial charge in [-0.05, 0) is 18.2 Å². The number of ether oxygens (including phenoxy) is 1. The van der Waals surface area contributed by atoms with Crippen LogP contribution in [0.15, 0.2) is 41.4 Å². The van der Waals surface area contributed by atoms with E-state index in [-0.39, 0.29) is 16.3 Å². The molecule has 5 nitrogen and oxygen atoms in total. The van der Waals surface area contributed by atoms with Crippen molar-refractivity contribution < 1.29 is 23.1 Å². The van der Waals surface area contributed by atoms with Crippen LogP contribution in [0.4, 0.5) is 14.5 Å². The number of aromatic amines is 1. The number of carbonyl (C=O) groups is 2. The summed E-state index contributed by atoms with van der Waals surface area (Å²) < 4.78 is 29.7. The quantitative estimate of drug-likeness (QED) is 0.607. The Morgan fingerprint density at radius 1 is 1.35 bits per heavy atom. The molecule has 0 spiro atoms. The summed E-state index contributed by atoms with van der Waals surface area (Å²) in [6, 6.07) is 7.47. The van der Waals surface area contributed by atoms with Crippen LogP contribution in [-0.2, 0) is 9.53 Å². The van der Waals surface area contributed by atoms with Gasteiger partial charge in [0.1, 0.15) is 5.69 Å². The first kappa shape index (κ1) is 17.3. The highest BCUT2D eigenvalue weighted by Gasteiger charge is 2.14. The number of para-hydroxylation sites is 1. The predicted octanol–water partition coefficient (Wildman–Crippen LogP) is 3.78. The first-order chi connectivity index (χ1) is 11.0. The second-order valence-corrected chi connectivity index (χ2v) is 5.70. The number of nitrogens with one attached hydrogen (secondary N) is 2. The number of halogens is 3. The third kappa shape index (κ3) is 5.26. The lowest BCUT2D eigenvalue weighted by molar-refractivity contribution is -0.119. The number of esters is 1. The zero-order valence-corrected chi connectivity index (χ0v) is 13.1. The Labute approximate surface area is 139 Å². The van der Waals surface area contributed by atoms with Crippen molar-refractivity contribution in [3.8, 4) is 0 Å². The van der Waals surface area contributed by atoms with Gasteiger partial charge in [-0.25, -0.2) is 4.79 Å². The first-order valence-corrected chi connectivity index (χ1v) is 7.56. The molecule has 0 saturated heterocycles. The van der Waals surface area contributed by atoms with Crippen LogP contribution in [0.25, 0.3) is 0 Å². The lowest BCUT2D eigenvalue weighted by atomic mass is 10.3. The molecule has 1 heterocycles. The van der Waals surface area contributed by atoms with Crippen LogP contribution in [0.1, 0.15) is 10.5 Å². The number of carbonyl (C=O) groups excluding carboxylic acids is 2. The minimum Gasteiger partial charge on any atom is -0.451 e. The van der Waals surface area contributed by atoms with Gasteiger partial charge in [0.05, 0.1) is 10.7 Å². The number of benzene rings is 1. The molecule has 1 amide bonds. The molecule has 0 fully saturated rings. The molecule has 0 radical (unpaired) electrons. The highest BCUT2D eigenvalue weighted by molar-refractivity contribution is 7.99. The number of hydrogen-bond donors (Lipinski definition) is 2. The Morgan fingerprint density at radius 2 is 2.09 bits per heavy atom. The van der Waals surface area contributed by atoms with Crippen molar-refractivity contribution in [2.45, 2.75) is 10.7 Å². The van der Waals surface area contributed by atoms with Crippen LogP contribution in [0.5, 0.6) is 0 Å². The molecule has 9 heteroatoms. The van der Waals surface area contributed by atoms with Gasteiger partial charge in [-0.1, -0.05) is 35.5 Å². The lowest BCUT2D eigenvalue weighted by Gasteiger charge is -2.10. The van der Waals surface area contributed by atoms with Crippen molar-refractivity contribution in [3.63, 3.8) is 0 Å². The van der Waals surface area contributed by atoms with Gasteiger partial charge >= 0.3 is 5.97 Å². The molecule has 2 rings (SSSR count). The number of rotatable bonds is 6. The fourth-order valence-corrected chi connectivity index (χ4v) is 2.41. The molecule has 1 aromatic carbocycles. The molecule has 0 saturated carbocycles. The van der Waals surface area contributed by atoms with E-state index in [2.05, 4.69) is 10.3 Å². The van der Waals surface area contributed by atoms with Crippen molar-refractivity contribution >= 4 is 40.9 Å². The summed E-state index contributed by atoms with van der Waals surface area (Å²) in [7, 11) is 0. The normalized spacial score (nSPS) is 10.6. The van der Waals surface area contributed by atoms with Gasteiger partial charge in [-0.15, -0.1) is 0 Å². The van der Waals surface area contributed by atoms with E-state index in [0.29, 0.717) is 16.8 Å². The van der Waals surface area contributed by atoms with Gasteiger partial charge in [0, 0.05) is 11.1 Å². The van der Waals surface area contributed by atoms with Crippen LogP contribution in [0.2, 0.25) is 5.02 Å². The third-order valence-electron chi connectivity index (χ3n) is 2.58. The van der Waals surface area contributed by atoms with Crippen LogP contribution < -0.4 is 5.32 Å². The van der Waals surface area contributed by atoms with E-state index < -0.39 is 24.2 Å². The fraction of sp³-hybridized carbons (Fsp3) is 0.143. The van der Waals surface area contributed by atoms with Gasteiger partial charge in [0.25, 0.3) is 11.7 Å². The standard InChI is InChI=1S/C14H11ClF2N2O3S/c15-8-5-10(18-6-8)13(21)22-7-12(20)19-9-3-1-2-4-11(9)23-14(16)17/h1-6,14,18H,7H2,(H,19,20). The average Bonchev–Trinajstić information content (AvgIpc) is 2.93. The molecule has 0 aliphatic heterocycles. The third-order valence-corrected chi connectivity index (χ3v) is 3.59. The van der Waals surface area contributed by atoms with Crippen LogP contribution in [-0.4, -0.2) is 29.2 Å². The fourth-order valence-electron chi connectivity index (χ4n) is 1.65. The average molecular weight is 361 g/mol. The lowest BCUT2D eigenvalue weighted by Crippen LogP contribution is -2.21. The summed E-state index contributed by atoms with van der Waals surface area (Å²) in [6.07, 6.45) is 1.40. The highest BCUT2D eigenvalue weighted by atomic mass is 35.5. The molecule has 0 aliphatic rings. The van der Waals surface area contributed by atoms with Gasteiger partial charge in [0.2, 0.25) is 0 Å². The summed E-state index contributed by atoms with van der Waals surface area (Å²) in [5.74, 6) is -4.00. The van der Waals surface area contributed by atoms with E-state index in [1.807, 2.05) is 0 Å². The van der Waals surface area contributed by atoms with Gasteiger partial charge in [0.15, 0.2) is 6.61 Å². The second-order valence-electron chi connectivity index (χ2n) is 4.23. The molecule has 23 heavy (non-hydrogen) atoms.